The van der Waals surface area contributed by atoms with Gasteiger partial charge in [-0.15, -0.1) is 11.3 Å². The number of carbonyl (C=O) groups is 2. The third kappa shape index (κ3) is 4.01. The van der Waals surface area contributed by atoms with Gasteiger partial charge in [-0.2, -0.15) is 0 Å². The molecule has 21 heavy (non-hydrogen) atoms. The minimum atomic E-state index is -0.970. The van der Waals surface area contributed by atoms with Crippen molar-refractivity contribution in [1.29, 1.82) is 0 Å². The van der Waals surface area contributed by atoms with Gasteiger partial charge in [0.15, 0.2) is 5.60 Å². The first-order chi connectivity index (χ1) is 9.90. The number of amides is 2. The summed E-state index contributed by atoms with van der Waals surface area (Å²) in [5.41, 5.74) is 0.0314. The van der Waals surface area contributed by atoms with E-state index in [1.807, 2.05) is 12.3 Å². The van der Waals surface area contributed by atoms with Crippen LogP contribution in [0.2, 0.25) is 0 Å². The molecular formula is C14H21N3O3S. The Morgan fingerprint density at radius 3 is 2.95 bits per heavy atom. The maximum absolute atomic E-state index is 12.3. The molecule has 1 aliphatic rings. The molecule has 0 saturated carbocycles. The predicted octanol–water partition coefficient (Wildman–Crippen LogP) is 0.748. The molecule has 116 valence electrons. The van der Waals surface area contributed by atoms with E-state index >= 15 is 0 Å². The SMILES string of the molecule is CC(=O)N1CCOC(C)(C(=O)NCCc2nc(C)cs2)C1. The van der Waals surface area contributed by atoms with Crippen LogP contribution in [-0.2, 0) is 20.7 Å². The highest BCUT2D eigenvalue weighted by Gasteiger charge is 2.39. The third-order valence-electron chi connectivity index (χ3n) is 3.49. The number of ether oxygens (including phenoxy) is 1. The number of aromatic nitrogens is 1. The smallest absolute Gasteiger partial charge is 0.253 e. The standard InChI is InChI=1S/C14H21N3O3S/c1-10-8-21-12(16-10)4-5-15-13(19)14(3)9-17(11(2)18)6-7-20-14/h8H,4-7,9H2,1-3H3,(H,15,19). The molecule has 1 atom stereocenters. The summed E-state index contributed by atoms with van der Waals surface area (Å²) < 4.78 is 5.60. The number of thiazole rings is 1. The summed E-state index contributed by atoms with van der Waals surface area (Å²) >= 11 is 1.59. The lowest BCUT2D eigenvalue weighted by molar-refractivity contribution is -0.161. The molecule has 7 heteroatoms. The van der Waals surface area contributed by atoms with Gasteiger partial charge in [-0.3, -0.25) is 9.59 Å². The highest BCUT2D eigenvalue weighted by molar-refractivity contribution is 7.09. The molecule has 1 aliphatic heterocycles. The number of aryl methyl sites for hydroxylation is 1. The van der Waals surface area contributed by atoms with Gasteiger partial charge in [0.2, 0.25) is 5.91 Å². The Hall–Kier alpha value is -1.47. The first-order valence-corrected chi connectivity index (χ1v) is 7.87. The van der Waals surface area contributed by atoms with E-state index in [2.05, 4.69) is 10.3 Å². The molecule has 2 heterocycles. The molecule has 0 radical (unpaired) electrons. The van der Waals surface area contributed by atoms with Crippen LogP contribution in [-0.4, -0.2) is 53.5 Å². The molecule has 1 N–H and O–H groups in total. The van der Waals surface area contributed by atoms with E-state index in [1.165, 1.54) is 6.92 Å². The van der Waals surface area contributed by atoms with E-state index in [-0.39, 0.29) is 11.8 Å². The zero-order valence-electron chi connectivity index (χ0n) is 12.6. The predicted molar refractivity (Wildman–Crippen MR) is 80.2 cm³/mol. The maximum atomic E-state index is 12.3. The Morgan fingerprint density at radius 1 is 1.57 bits per heavy atom. The second kappa shape index (κ2) is 6.53. The van der Waals surface area contributed by atoms with Crippen LogP contribution >= 0.6 is 11.3 Å². The summed E-state index contributed by atoms with van der Waals surface area (Å²) in [4.78, 5) is 29.7. The monoisotopic (exact) mass is 311 g/mol. The van der Waals surface area contributed by atoms with Crippen molar-refractivity contribution >= 4 is 23.2 Å². The quantitative estimate of drug-likeness (QED) is 0.890. The van der Waals surface area contributed by atoms with Gasteiger partial charge in [-0.25, -0.2) is 4.98 Å². The highest BCUT2D eigenvalue weighted by atomic mass is 32.1. The van der Waals surface area contributed by atoms with Gasteiger partial charge in [-0.05, 0) is 13.8 Å². The minimum absolute atomic E-state index is 0.0319. The average molecular weight is 311 g/mol. The molecule has 0 aliphatic carbocycles. The number of rotatable bonds is 4. The lowest BCUT2D eigenvalue weighted by Gasteiger charge is -2.38. The summed E-state index contributed by atoms with van der Waals surface area (Å²) in [7, 11) is 0. The molecule has 0 spiro atoms. The fourth-order valence-corrected chi connectivity index (χ4v) is 3.04. The molecule has 0 aromatic carbocycles. The lowest BCUT2D eigenvalue weighted by atomic mass is 10.0. The van der Waals surface area contributed by atoms with Gasteiger partial charge >= 0.3 is 0 Å². The van der Waals surface area contributed by atoms with Crippen molar-refractivity contribution < 1.29 is 14.3 Å². The van der Waals surface area contributed by atoms with E-state index in [4.69, 9.17) is 4.74 Å². The lowest BCUT2D eigenvalue weighted by Crippen LogP contribution is -2.59. The molecule has 1 aromatic rings. The van der Waals surface area contributed by atoms with Crippen LogP contribution in [0.3, 0.4) is 0 Å². The highest BCUT2D eigenvalue weighted by Crippen LogP contribution is 2.18. The number of morpholine rings is 1. The zero-order valence-corrected chi connectivity index (χ0v) is 13.5. The van der Waals surface area contributed by atoms with Gasteiger partial charge in [0.25, 0.3) is 5.91 Å². The molecule has 1 saturated heterocycles. The number of hydrogen-bond donors (Lipinski definition) is 1. The summed E-state index contributed by atoms with van der Waals surface area (Å²) in [6, 6.07) is 0. The summed E-state index contributed by atoms with van der Waals surface area (Å²) in [6.07, 6.45) is 0.705. The van der Waals surface area contributed by atoms with Crippen molar-refractivity contribution in [2.24, 2.45) is 0 Å². The normalized spacial score (nSPS) is 22.1. The summed E-state index contributed by atoms with van der Waals surface area (Å²) in [6.45, 7) is 6.92. The largest absolute Gasteiger partial charge is 0.362 e. The third-order valence-corrected chi connectivity index (χ3v) is 4.52. The van der Waals surface area contributed by atoms with Crippen LogP contribution in [0.15, 0.2) is 5.38 Å². The number of nitrogens with one attached hydrogen (secondary N) is 1. The van der Waals surface area contributed by atoms with E-state index < -0.39 is 5.60 Å². The van der Waals surface area contributed by atoms with Crippen molar-refractivity contribution in [1.82, 2.24) is 15.2 Å². The van der Waals surface area contributed by atoms with Gasteiger partial charge < -0.3 is 15.0 Å². The van der Waals surface area contributed by atoms with Crippen LogP contribution in [0.5, 0.6) is 0 Å². The second-order valence-electron chi connectivity index (χ2n) is 5.41. The van der Waals surface area contributed by atoms with E-state index in [1.54, 1.807) is 23.2 Å². The Kier molecular flexibility index (Phi) is 4.95. The van der Waals surface area contributed by atoms with Crippen molar-refractivity contribution in [2.75, 3.05) is 26.2 Å². The van der Waals surface area contributed by atoms with Gasteiger partial charge in [-0.1, -0.05) is 0 Å². The van der Waals surface area contributed by atoms with Crippen molar-refractivity contribution in [3.63, 3.8) is 0 Å². The Morgan fingerprint density at radius 2 is 2.33 bits per heavy atom. The van der Waals surface area contributed by atoms with Gasteiger partial charge in [0, 0.05) is 37.5 Å². The average Bonchev–Trinajstić information content (AvgIpc) is 2.84. The summed E-state index contributed by atoms with van der Waals surface area (Å²) in [5.74, 6) is -0.211. The van der Waals surface area contributed by atoms with Crippen LogP contribution in [0.25, 0.3) is 0 Å². The van der Waals surface area contributed by atoms with Gasteiger partial charge in [0.05, 0.1) is 18.2 Å². The molecule has 1 aromatic heterocycles. The maximum Gasteiger partial charge on any atom is 0.253 e. The van der Waals surface area contributed by atoms with Crippen LogP contribution in [0.1, 0.15) is 24.5 Å². The van der Waals surface area contributed by atoms with E-state index in [9.17, 15) is 9.59 Å². The Bertz CT molecular complexity index is 531. The molecule has 6 nitrogen and oxygen atoms in total. The second-order valence-corrected chi connectivity index (χ2v) is 6.35. The fourth-order valence-electron chi connectivity index (χ4n) is 2.26. The number of hydrogen-bond acceptors (Lipinski definition) is 5. The first kappa shape index (κ1) is 15.9. The summed E-state index contributed by atoms with van der Waals surface area (Å²) in [5, 5.41) is 5.88. The minimum Gasteiger partial charge on any atom is -0.362 e. The zero-order chi connectivity index (χ0) is 15.5. The molecule has 2 rings (SSSR count). The Balaban J connectivity index is 1.85. The number of nitrogens with zero attached hydrogens (tertiary/aromatic N) is 2. The molecule has 2 amide bonds. The topological polar surface area (TPSA) is 71.5 Å². The van der Waals surface area contributed by atoms with Crippen LogP contribution in [0, 0.1) is 6.92 Å². The van der Waals surface area contributed by atoms with E-state index in [0.29, 0.717) is 32.7 Å². The van der Waals surface area contributed by atoms with Crippen LogP contribution in [0.4, 0.5) is 0 Å². The van der Waals surface area contributed by atoms with Crippen LogP contribution < -0.4 is 5.32 Å². The van der Waals surface area contributed by atoms with Crippen molar-refractivity contribution in [2.45, 2.75) is 32.8 Å². The van der Waals surface area contributed by atoms with Crippen molar-refractivity contribution in [3.8, 4) is 0 Å². The molecule has 1 unspecified atom stereocenters. The first-order valence-electron chi connectivity index (χ1n) is 6.99. The van der Waals surface area contributed by atoms with Crippen molar-refractivity contribution in [3.05, 3.63) is 16.1 Å². The molecule has 1 fully saturated rings. The van der Waals surface area contributed by atoms with Gasteiger partial charge in [0.1, 0.15) is 0 Å². The van der Waals surface area contributed by atoms with E-state index in [0.717, 1.165) is 10.7 Å². The molecular weight excluding hydrogens is 290 g/mol. The Labute approximate surface area is 128 Å². The fraction of sp³-hybridized carbons (Fsp3) is 0.643. The molecule has 0 bridgehead atoms. The number of carbonyl (C=O) groups excluding carboxylic acids is 2.